The lowest BCUT2D eigenvalue weighted by atomic mass is 10.0. The van der Waals surface area contributed by atoms with Gasteiger partial charge in [-0.25, -0.2) is 0 Å². The largest absolute Gasteiger partial charge is 0.381 e. The molecule has 3 nitrogen and oxygen atoms in total. The molecule has 0 spiro atoms. The first kappa shape index (κ1) is 13.5. The molecule has 0 saturated carbocycles. The van der Waals surface area contributed by atoms with Crippen LogP contribution < -0.4 is 5.73 Å². The molecule has 0 amide bonds. The molecule has 0 aliphatic carbocycles. The smallest absolute Gasteiger partial charge is 0.104 e. The minimum atomic E-state index is 0.0362. The van der Waals surface area contributed by atoms with Crippen LogP contribution in [0.15, 0.2) is 15.9 Å². The Labute approximate surface area is 114 Å². The number of rotatable bonds is 5. The van der Waals surface area contributed by atoms with Gasteiger partial charge in [0.1, 0.15) is 6.10 Å². The quantitative estimate of drug-likeness (QED) is 0.907. The second kappa shape index (κ2) is 6.85. The fraction of sp³-hybridized carbons (Fsp3) is 0.667. The average Bonchev–Trinajstić information content (AvgIpc) is 2.78. The standard InChI is InChI=1S/C12H18BrNO2S/c13-12-2-1-11(17-12)10(7-14)16-8-9-3-5-15-6-4-9/h1-2,9-10H,3-8,14H2. The van der Waals surface area contributed by atoms with Crippen LogP contribution >= 0.6 is 27.3 Å². The summed E-state index contributed by atoms with van der Waals surface area (Å²) in [6.07, 6.45) is 2.24. The van der Waals surface area contributed by atoms with Crippen LogP contribution in [0.3, 0.4) is 0 Å². The van der Waals surface area contributed by atoms with Gasteiger partial charge in [0.05, 0.1) is 10.4 Å². The predicted molar refractivity (Wildman–Crippen MR) is 73.3 cm³/mol. The van der Waals surface area contributed by atoms with Crippen LogP contribution in [0.5, 0.6) is 0 Å². The number of hydrogen-bond donors (Lipinski definition) is 1. The highest BCUT2D eigenvalue weighted by Crippen LogP contribution is 2.29. The summed E-state index contributed by atoms with van der Waals surface area (Å²) in [5.74, 6) is 0.626. The first-order chi connectivity index (χ1) is 8.29. The molecule has 2 heterocycles. The Morgan fingerprint density at radius 3 is 2.82 bits per heavy atom. The van der Waals surface area contributed by atoms with E-state index in [1.54, 1.807) is 11.3 Å². The van der Waals surface area contributed by atoms with E-state index in [0.717, 1.165) is 36.4 Å². The van der Waals surface area contributed by atoms with Gasteiger partial charge in [-0.1, -0.05) is 0 Å². The van der Waals surface area contributed by atoms with Crippen LogP contribution in [0.25, 0.3) is 0 Å². The summed E-state index contributed by atoms with van der Waals surface area (Å²) in [6.45, 7) is 3.06. The van der Waals surface area contributed by atoms with Crippen LogP contribution in [-0.4, -0.2) is 26.4 Å². The van der Waals surface area contributed by atoms with Gasteiger partial charge in [-0.3, -0.25) is 0 Å². The lowest BCUT2D eigenvalue weighted by Gasteiger charge is -2.24. The molecule has 0 bridgehead atoms. The number of halogens is 1. The first-order valence-electron chi connectivity index (χ1n) is 5.94. The van der Waals surface area contributed by atoms with E-state index in [9.17, 15) is 0 Å². The van der Waals surface area contributed by atoms with Crippen molar-refractivity contribution in [2.75, 3.05) is 26.4 Å². The molecule has 1 aliphatic rings. The molecule has 2 N–H and O–H groups in total. The summed E-state index contributed by atoms with van der Waals surface area (Å²) in [6, 6.07) is 4.12. The summed E-state index contributed by atoms with van der Waals surface area (Å²) in [4.78, 5) is 1.20. The topological polar surface area (TPSA) is 44.5 Å². The van der Waals surface area contributed by atoms with Crippen molar-refractivity contribution in [3.05, 3.63) is 20.8 Å². The molecule has 1 saturated heterocycles. The van der Waals surface area contributed by atoms with E-state index in [1.165, 1.54) is 4.88 Å². The van der Waals surface area contributed by atoms with Gasteiger partial charge in [0.25, 0.3) is 0 Å². The highest BCUT2D eigenvalue weighted by atomic mass is 79.9. The zero-order chi connectivity index (χ0) is 12.1. The van der Waals surface area contributed by atoms with Gasteiger partial charge in [0.15, 0.2) is 0 Å². The zero-order valence-corrected chi connectivity index (χ0v) is 12.1. The Morgan fingerprint density at radius 2 is 2.24 bits per heavy atom. The second-order valence-electron chi connectivity index (χ2n) is 4.26. The van der Waals surface area contributed by atoms with E-state index in [-0.39, 0.29) is 6.10 Å². The van der Waals surface area contributed by atoms with Crippen molar-refractivity contribution in [2.45, 2.75) is 18.9 Å². The molecule has 96 valence electrons. The molecule has 1 fully saturated rings. The molecule has 1 aromatic heterocycles. The van der Waals surface area contributed by atoms with Gasteiger partial charge in [-0.05, 0) is 46.8 Å². The molecular formula is C12H18BrNO2S. The molecule has 17 heavy (non-hydrogen) atoms. The third-order valence-electron chi connectivity index (χ3n) is 3.00. The summed E-state index contributed by atoms with van der Waals surface area (Å²) >= 11 is 5.16. The highest BCUT2D eigenvalue weighted by Gasteiger charge is 2.18. The van der Waals surface area contributed by atoms with Crippen molar-refractivity contribution in [2.24, 2.45) is 11.7 Å². The fourth-order valence-corrected chi connectivity index (χ4v) is 3.42. The lowest BCUT2D eigenvalue weighted by molar-refractivity contribution is -0.00761. The van der Waals surface area contributed by atoms with Crippen molar-refractivity contribution in [3.8, 4) is 0 Å². The first-order valence-corrected chi connectivity index (χ1v) is 7.55. The third kappa shape index (κ3) is 4.03. The van der Waals surface area contributed by atoms with Crippen molar-refractivity contribution in [1.82, 2.24) is 0 Å². The van der Waals surface area contributed by atoms with E-state index in [1.807, 2.05) is 6.07 Å². The van der Waals surface area contributed by atoms with E-state index < -0.39 is 0 Å². The Hall–Kier alpha value is 0.0600. The average molecular weight is 320 g/mol. The summed E-state index contributed by atoms with van der Waals surface area (Å²) in [5.41, 5.74) is 5.77. The minimum absolute atomic E-state index is 0.0362. The molecule has 1 aliphatic heterocycles. The molecule has 0 radical (unpaired) electrons. The maximum Gasteiger partial charge on any atom is 0.104 e. The van der Waals surface area contributed by atoms with Gasteiger partial charge >= 0.3 is 0 Å². The summed E-state index contributed by atoms with van der Waals surface area (Å²) in [7, 11) is 0. The Kier molecular flexibility index (Phi) is 5.44. The van der Waals surface area contributed by atoms with Crippen LogP contribution in [0.1, 0.15) is 23.8 Å². The Bertz CT molecular complexity index is 339. The zero-order valence-electron chi connectivity index (χ0n) is 9.73. The summed E-state index contributed by atoms with van der Waals surface area (Å²) < 4.78 is 12.4. The molecule has 1 atom stereocenters. The van der Waals surface area contributed by atoms with Gasteiger partial charge in [0, 0.05) is 24.6 Å². The number of nitrogens with two attached hydrogens (primary N) is 1. The normalized spacial score (nSPS) is 19.4. The van der Waals surface area contributed by atoms with Crippen molar-refractivity contribution < 1.29 is 9.47 Å². The SMILES string of the molecule is NCC(OCC1CCOCC1)c1ccc(Br)s1. The fourth-order valence-electron chi connectivity index (χ4n) is 1.93. The molecule has 5 heteroatoms. The Morgan fingerprint density at radius 1 is 1.47 bits per heavy atom. The van der Waals surface area contributed by atoms with E-state index in [0.29, 0.717) is 12.5 Å². The van der Waals surface area contributed by atoms with Gasteiger partial charge < -0.3 is 15.2 Å². The third-order valence-corrected chi connectivity index (χ3v) is 4.72. The van der Waals surface area contributed by atoms with E-state index in [4.69, 9.17) is 15.2 Å². The van der Waals surface area contributed by atoms with Crippen molar-refractivity contribution in [1.29, 1.82) is 0 Å². The number of hydrogen-bond acceptors (Lipinski definition) is 4. The highest BCUT2D eigenvalue weighted by molar-refractivity contribution is 9.11. The predicted octanol–water partition coefficient (Wildman–Crippen LogP) is 2.95. The maximum absolute atomic E-state index is 5.94. The minimum Gasteiger partial charge on any atom is -0.381 e. The van der Waals surface area contributed by atoms with Crippen LogP contribution in [0.2, 0.25) is 0 Å². The molecular weight excluding hydrogens is 302 g/mol. The summed E-state index contributed by atoms with van der Waals surface area (Å²) in [5, 5.41) is 0. The van der Waals surface area contributed by atoms with Crippen molar-refractivity contribution >= 4 is 27.3 Å². The van der Waals surface area contributed by atoms with E-state index in [2.05, 4.69) is 22.0 Å². The maximum atomic E-state index is 5.94. The number of thiophene rings is 1. The second-order valence-corrected chi connectivity index (χ2v) is 6.75. The molecule has 0 aromatic carbocycles. The van der Waals surface area contributed by atoms with Crippen LogP contribution in [0.4, 0.5) is 0 Å². The van der Waals surface area contributed by atoms with Crippen LogP contribution in [0, 0.1) is 5.92 Å². The van der Waals surface area contributed by atoms with Crippen LogP contribution in [-0.2, 0) is 9.47 Å². The van der Waals surface area contributed by atoms with Gasteiger partial charge in [-0.2, -0.15) is 0 Å². The Balaban J connectivity index is 1.82. The molecule has 2 rings (SSSR count). The number of ether oxygens (including phenoxy) is 2. The molecule has 1 aromatic rings. The van der Waals surface area contributed by atoms with E-state index >= 15 is 0 Å². The molecule has 1 unspecified atom stereocenters. The lowest BCUT2D eigenvalue weighted by Crippen LogP contribution is -2.23. The van der Waals surface area contributed by atoms with Crippen molar-refractivity contribution in [3.63, 3.8) is 0 Å². The van der Waals surface area contributed by atoms with Gasteiger partial charge in [0.2, 0.25) is 0 Å². The van der Waals surface area contributed by atoms with Gasteiger partial charge in [-0.15, -0.1) is 11.3 Å². The monoisotopic (exact) mass is 319 g/mol.